The van der Waals surface area contributed by atoms with Crippen LogP contribution in [0.5, 0.6) is 0 Å². The van der Waals surface area contributed by atoms with Gasteiger partial charge in [0, 0.05) is 6.42 Å². The first-order valence-corrected chi connectivity index (χ1v) is 3.81. The maximum absolute atomic E-state index is 12.5. The van der Waals surface area contributed by atoms with E-state index in [4.69, 9.17) is 0 Å². The summed E-state index contributed by atoms with van der Waals surface area (Å²) in [6.45, 7) is 0.898. The molecule has 1 aliphatic carbocycles. The lowest BCUT2D eigenvalue weighted by atomic mass is 10.1. The van der Waals surface area contributed by atoms with E-state index >= 15 is 0 Å². The van der Waals surface area contributed by atoms with Gasteiger partial charge in [0.05, 0.1) is 6.61 Å². The van der Waals surface area contributed by atoms with E-state index in [-0.39, 0.29) is 6.61 Å². The fourth-order valence-corrected chi connectivity index (χ4v) is 1.19. The summed E-state index contributed by atoms with van der Waals surface area (Å²) < 4.78 is 65.5. The summed E-state index contributed by atoms with van der Waals surface area (Å²) in [5.41, 5.74) is -3.60. The predicted octanol–water partition coefficient (Wildman–Crippen LogP) is 2.14. The van der Waals surface area contributed by atoms with Crippen molar-refractivity contribution in [2.45, 2.75) is 25.4 Å². The van der Waals surface area contributed by atoms with Crippen LogP contribution in [0.2, 0.25) is 0 Å². The van der Waals surface area contributed by atoms with Crippen molar-refractivity contribution in [1.29, 1.82) is 0 Å². The van der Waals surface area contributed by atoms with E-state index in [1.165, 1.54) is 6.92 Å². The van der Waals surface area contributed by atoms with Crippen molar-refractivity contribution >= 4 is 5.97 Å². The number of hydrogen-bond acceptors (Lipinski definition) is 2. The molecular formula is C7H7F5O2. The van der Waals surface area contributed by atoms with Gasteiger partial charge in [-0.25, -0.2) is 8.78 Å². The van der Waals surface area contributed by atoms with Crippen molar-refractivity contribution in [3.8, 4) is 0 Å². The minimum atomic E-state index is -5.26. The molecule has 0 radical (unpaired) electrons. The number of carbonyl (C=O) groups excluding carboxylic acids is 1. The number of esters is 1. The van der Waals surface area contributed by atoms with E-state index in [1.54, 1.807) is 0 Å². The topological polar surface area (TPSA) is 26.3 Å². The van der Waals surface area contributed by atoms with Gasteiger partial charge in [-0.3, -0.25) is 4.79 Å². The number of alkyl halides is 5. The molecule has 82 valence electrons. The van der Waals surface area contributed by atoms with Gasteiger partial charge in [-0.05, 0) is 6.92 Å². The molecule has 14 heavy (non-hydrogen) atoms. The zero-order valence-electron chi connectivity index (χ0n) is 7.12. The first kappa shape index (κ1) is 11.2. The average molecular weight is 218 g/mol. The fraction of sp³-hybridized carbons (Fsp3) is 0.857. The van der Waals surface area contributed by atoms with Crippen LogP contribution in [0.15, 0.2) is 0 Å². The lowest BCUT2D eigenvalue weighted by Gasteiger charge is -2.17. The minimum absolute atomic E-state index is 0.354. The number of halogens is 5. The third kappa shape index (κ3) is 1.26. The highest BCUT2D eigenvalue weighted by Crippen LogP contribution is 2.68. The molecule has 0 heterocycles. The van der Waals surface area contributed by atoms with Crippen LogP contribution in [0.1, 0.15) is 13.3 Å². The lowest BCUT2D eigenvalue weighted by Crippen LogP contribution is -2.39. The van der Waals surface area contributed by atoms with Crippen LogP contribution >= 0.6 is 0 Å². The largest absolute Gasteiger partial charge is 0.465 e. The molecular weight excluding hydrogens is 211 g/mol. The Balaban J connectivity index is 2.94. The smallest absolute Gasteiger partial charge is 0.411 e. The normalized spacial score (nSPS) is 29.9. The Kier molecular flexibility index (Phi) is 2.24. The summed E-state index contributed by atoms with van der Waals surface area (Å²) in [5, 5.41) is 0. The van der Waals surface area contributed by atoms with Gasteiger partial charge in [-0.1, -0.05) is 0 Å². The quantitative estimate of drug-likeness (QED) is 0.524. The zero-order chi connectivity index (χ0) is 11.2. The molecule has 1 aliphatic rings. The molecule has 0 bridgehead atoms. The molecule has 0 aromatic heterocycles. The number of rotatable bonds is 2. The van der Waals surface area contributed by atoms with Gasteiger partial charge in [0.2, 0.25) is 5.41 Å². The molecule has 1 unspecified atom stereocenters. The SMILES string of the molecule is CCOC(=O)C1(C(F)(F)F)CC1(F)F. The summed E-state index contributed by atoms with van der Waals surface area (Å²) in [6, 6.07) is 0. The van der Waals surface area contributed by atoms with Crippen molar-refractivity contribution in [3.63, 3.8) is 0 Å². The maximum Gasteiger partial charge on any atom is 0.411 e. The Bertz CT molecular complexity index is 259. The van der Waals surface area contributed by atoms with Crippen molar-refractivity contribution in [1.82, 2.24) is 0 Å². The van der Waals surface area contributed by atoms with E-state index in [1.807, 2.05) is 0 Å². The third-order valence-electron chi connectivity index (χ3n) is 2.09. The summed E-state index contributed by atoms with van der Waals surface area (Å²) in [4.78, 5) is 10.8. The van der Waals surface area contributed by atoms with E-state index in [0.717, 1.165) is 0 Å². The van der Waals surface area contributed by atoms with Gasteiger partial charge in [0.25, 0.3) is 5.92 Å². The highest BCUT2D eigenvalue weighted by Gasteiger charge is 2.89. The van der Waals surface area contributed by atoms with Crippen LogP contribution in [0.3, 0.4) is 0 Å². The van der Waals surface area contributed by atoms with Gasteiger partial charge in [0.1, 0.15) is 0 Å². The van der Waals surface area contributed by atoms with Gasteiger partial charge in [-0.15, -0.1) is 0 Å². The molecule has 0 aliphatic heterocycles. The number of carbonyl (C=O) groups is 1. The Morgan fingerprint density at radius 3 is 2.07 bits per heavy atom. The van der Waals surface area contributed by atoms with Crippen LogP contribution in [0.25, 0.3) is 0 Å². The molecule has 7 heteroatoms. The molecule has 1 rings (SSSR count). The molecule has 0 saturated heterocycles. The van der Waals surface area contributed by atoms with E-state index in [9.17, 15) is 26.7 Å². The van der Waals surface area contributed by atoms with Crippen LogP contribution < -0.4 is 0 Å². The maximum atomic E-state index is 12.5. The van der Waals surface area contributed by atoms with Gasteiger partial charge < -0.3 is 4.74 Å². The van der Waals surface area contributed by atoms with Crippen LogP contribution in [-0.2, 0) is 9.53 Å². The minimum Gasteiger partial charge on any atom is -0.465 e. The second-order valence-electron chi connectivity index (χ2n) is 3.00. The van der Waals surface area contributed by atoms with Crippen LogP contribution in [0, 0.1) is 5.41 Å². The van der Waals surface area contributed by atoms with Gasteiger partial charge >= 0.3 is 12.1 Å². The zero-order valence-corrected chi connectivity index (χ0v) is 7.12. The molecule has 1 fully saturated rings. The number of hydrogen-bond donors (Lipinski definition) is 0. The Morgan fingerprint density at radius 2 is 1.86 bits per heavy atom. The van der Waals surface area contributed by atoms with Crippen molar-refractivity contribution in [3.05, 3.63) is 0 Å². The third-order valence-corrected chi connectivity index (χ3v) is 2.09. The van der Waals surface area contributed by atoms with Gasteiger partial charge in [0.15, 0.2) is 0 Å². The summed E-state index contributed by atoms with van der Waals surface area (Å²) in [7, 11) is 0. The second-order valence-corrected chi connectivity index (χ2v) is 3.00. The molecule has 0 aromatic rings. The summed E-state index contributed by atoms with van der Waals surface area (Å²) >= 11 is 0. The highest BCUT2D eigenvalue weighted by atomic mass is 19.4. The summed E-state index contributed by atoms with van der Waals surface area (Å²) in [6.07, 6.45) is -6.77. The molecule has 1 saturated carbocycles. The van der Waals surface area contributed by atoms with Crippen LogP contribution in [0.4, 0.5) is 22.0 Å². The monoisotopic (exact) mass is 218 g/mol. The average Bonchev–Trinajstić information content (AvgIpc) is 2.54. The molecule has 0 aromatic carbocycles. The van der Waals surface area contributed by atoms with Gasteiger partial charge in [-0.2, -0.15) is 13.2 Å². The van der Waals surface area contributed by atoms with Crippen LogP contribution in [-0.4, -0.2) is 24.7 Å². The van der Waals surface area contributed by atoms with E-state index in [0.29, 0.717) is 0 Å². The highest BCUT2D eigenvalue weighted by molar-refractivity contribution is 5.83. The lowest BCUT2D eigenvalue weighted by molar-refractivity contribution is -0.224. The molecule has 2 nitrogen and oxygen atoms in total. The molecule has 0 amide bonds. The molecule has 0 N–H and O–H groups in total. The summed E-state index contributed by atoms with van der Waals surface area (Å²) in [5.74, 6) is -5.92. The van der Waals surface area contributed by atoms with E-state index < -0.39 is 29.9 Å². The van der Waals surface area contributed by atoms with Crippen molar-refractivity contribution < 1.29 is 31.5 Å². The fourth-order valence-electron chi connectivity index (χ4n) is 1.19. The van der Waals surface area contributed by atoms with E-state index in [2.05, 4.69) is 4.74 Å². The van der Waals surface area contributed by atoms with Crippen molar-refractivity contribution in [2.75, 3.05) is 6.61 Å². The predicted molar refractivity (Wildman–Crippen MR) is 34.7 cm³/mol. The Morgan fingerprint density at radius 1 is 1.43 bits per heavy atom. The molecule has 0 spiro atoms. The first-order valence-electron chi connectivity index (χ1n) is 3.81. The Labute approximate surface area is 76.0 Å². The standard InChI is InChI=1S/C7H7F5O2/c1-2-14-4(13)5(7(10,11)12)3-6(5,8)9/h2-3H2,1H3. The Hall–Kier alpha value is -0.880. The number of ether oxygens (including phenoxy) is 1. The van der Waals surface area contributed by atoms with Crippen molar-refractivity contribution in [2.24, 2.45) is 5.41 Å². The molecule has 1 atom stereocenters. The first-order chi connectivity index (χ1) is 6.19. The second kappa shape index (κ2) is 2.80.